The second-order valence-electron chi connectivity index (χ2n) is 6.42. The van der Waals surface area contributed by atoms with Gasteiger partial charge in [-0.2, -0.15) is 0 Å². The van der Waals surface area contributed by atoms with Crippen LogP contribution < -0.4 is 10.6 Å². The van der Waals surface area contributed by atoms with Crippen molar-refractivity contribution in [2.24, 2.45) is 11.8 Å². The van der Waals surface area contributed by atoms with Crippen molar-refractivity contribution in [2.45, 2.75) is 39.7 Å². The van der Waals surface area contributed by atoms with Crippen molar-refractivity contribution in [3.63, 3.8) is 0 Å². The fourth-order valence-electron chi connectivity index (χ4n) is 2.97. The summed E-state index contributed by atoms with van der Waals surface area (Å²) in [7, 11) is 0. The number of likely N-dealkylation sites (N-methyl/N-ethyl adjacent to an activating group) is 1. The van der Waals surface area contributed by atoms with Gasteiger partial charge in [0.1, 0.15) is 5.76 Å². The Bertz CT molecular complexity index is 526. The molecule has 0 spiro atoms. The van der Waals surface area contributed by atoms with Crippen molar-refractivity contribution in [2.75, 3.05) is 26.2 Å². The number of hydrogen-bond donors (Lipinski definition) is 2. The minimum atomic E-state index is -0.0529. The van der Waals surface area contributed by atoms with Gasteiger partial charge in [0.15, 0.2) is 0 Å². The van der Waals surface area contributed by atoms with E-state index in [1.807, 2.05) is 12.1 Å². The summed E-state index contributed by atoms with van der Waals surface area (Å²) in [6, 6.07) is 3.83. The van der Waals surface area contributed by atoms with Crippen LogP contribution in [0.2, 0.25) is 0 Å². The van der Waals surface area contributed by atoms with Crippen LogP contribution in [0.15, 0.2) is 22.8 Å². The molecule has 0 aromatic carbocycles. The van der Waals surface area contributed by atoms with Crippen LogP contribution in [0.4, 0.5) is 0 Å². The van der Waals surface area contributed by atoms with E-state index in [2.05, 4.69) is 36.3 Å². The van der Waals surface area contributed by atoms with E-state index in [1.165, 1.54) is 0 Å². The van der Waals surface area contributed by atoms with Gasteiger partial charge in [-0.1, -0.05) is 20.8 Å². The third-order valence-electron chi connectivity index (χ3n) is 4.71. The van der Waals surface area contributed by atoms with Gasteiger partial charge in [0, 0.05) is 25.4 Å². The second kappa shape index (κ2) is 8.87. The maximum atomic E-state index is 12.0. The van der Waals surface area contributed by atoms with Crippen LogP contribution in [0.1, 0.15) is 45.4 Å². The van der Waals surface area contributed by atoms with Crippen LogP contribution in [0, 0.1) is 11.8 Å². The molecule has 2 N–H and O–H groups in total. The molecule has 6 heteroatoms. The molecular weight excluding hydrogens is 306 g/mol. The zero-order valence-corrected chi connectivity index (χ0v) is 14.9. The van der Waals surface area contributed by atoms with E-state index in [1.54, 1.807) is 6.26 Å². The Balaban J connectivity index is 1.74. The number of nitrogens with one attached hydrogen (secondary N) is 2. The minimum Gasteiger partial charge on any atom is -0.468 e. The normalized spacial score (nSPS) is 20.7. The lowest BCUT2D eigenvalue weighted by molar-refractivity contribution is -0.123. The second-order valence-corrected chi connectivity index (χ2v) is 6.42. The third kappa shape index (κ3) is 5.09. The summed E-state index contributed by atoms with van der Waals surface area (Å²) in [6.07, 6.45) is 2.92. The number of rotatable bonds is 10. The number of furan rings is 1. The number of carbonyl (C=O) groups is 2. The Morgan fingerprint density at radius 2 is 2.04 bits per heavy atom. The van der Waals surface area contributed by atoms with E-state index >= 15 is 0 Å². The number of carbonyl (C=O) groups excluding carboxylic acids is 2. The summed E-state index contributed by atoms with van der Waals surface area (Å²) >= 11 is 0. The van der Waals surface area contributed by atoms with Crippen molar-refractivity contribution < 1.29 is 14.0 Å². The molecular formula is C18H29N3O3. The molecule has 2 rings (SSSR count). The lowest BCUT2D eigenvalue weighted by Crippen LogP contribution is -2.39. The summed E-state index contributed by atoms with van der Waals surface area (Å²) in [4.78, 5) is 26.0. The van der Waals surface area contributed by atoms with E-state index < -0.39 is 0 Å². The van der Waals surface area contributed by atoms with Gasteiger partial charge in [-0.25, -0.2) is 0 Å². The molecule has 0 bridgehead atoms. The van der Waals surface area contributed by atoms with Crippen LogP contribution in [0.3, 0.4) is 0 Å². The van der Waals surface area contributed by atoms with Crippen LogP contribution in [-0.2, 0) is 9.59 Å². The van der Waals surface area contributed by atoms with Crippen LogP contribution in [0.5, 0.6) is 0 Å². The monoisotopic (exact) mass is 335 g/mol. The molecule has 134 valence electrons. The number of hydrogen-bond acceptors (Lipinski definition) is 4. The first-order valence-corrected chi connectivity index (χ1v) is 8.88. The zero-order chi connectivity index (χ0) is 17.5. The smallest absolute Gasteiger partial charge is 0.223 e. The first kappa shape index (κ1) is 18.5. The van der Waals surface area contributed by atoms with Gasteiger partial charge in [-0.15, -0.1) is 0 Å². The largest absolute Gasteiger partial charge is 0.468 e. The van der Waals surface area contributed by atoms with E-state index in [0.29, 0.717) is 25.4 Å². The third-order valence-corrected chi connectivity index (χ3v) is 4.71. The molecule has 0 saturated heterocycles. The number of amides is 2. The van der Waals surface area contributed by atoms with Gasteiger partial charge in [-0.05, 0) is 37.6 Å². The lowest BCUT2D eigenvalue weighted by atomic mass is 10.2. The van der Waals surface area contributed by atoms with Crippen molar-refractivity contribution >= 4 is 11.8 Å². The average molecular weight is 335 g/mol. The predicted molar refractivity (Wildman–Crippen MR) is 92.3 cm³/mol. The first-order chi connectivity index (χ1) is 11.6. The quantitative estimate of drug-likeness (QED) is 0.685. The van der Waals surface area contributed by atoms with Gasteiger partial charge in [-0.3, -0.25) is 14.5 Å². The molecule has 24 heavy (non-hydrogen) atoms. The highest BCUT2D eigenvalue weighted by Gasteiger charge is 2.38. The first-order valence-electron chi connectivity index (χ1n) is 8.88. The Morgan fingerprint density at radius 3 is 2.58 bits per heavy atom. The van der Waals surface area contributed by atoms with Gasteiger partial charge in [0.2, 0.25) is 11.8 Å². The van der Waals surface area contributed by atoms with Crippen LogP contribution in [0.25, 0.3) is 0 Å². The number of nitrogens with zero attached hydrogens (tertiary/aromatic N) is 1. The van der Waals surface area contributed by atoms with Gasteiger partial charge >= 0.3 is 0 Å². The molecule has 0 unspecified atom stereocenters. The molecule has 1 aromatic rings. The fourth-order valence-corrected chi connectivity index (χ4v) is 2.97. The van der Waals surface area contributed by atoms with Crippen LogP contribution in [-0.4, -0.2) is 42.9 Å². The van der Waals surface area contributed by atoms with Crippen molar-refractivity contribution in [1.29, 1.82) is 0 Å². The molecule has 1 aliphatic rings. The molecule has 0 aliphatic heterocycles. The van der Waals surface area contributed by atoms with Crippen molar-refractivity contribution in [3.05, 3.63) is 24.2 Å². The minimum absolute atomic E-state index is 0.0286. The highest BCUT2D eigenvalue weighted by atomic mass is 16.3. The van der Waals surface area contributed by atoms with Crippen molar-refractivity contribution in [1.82, 2.24) is 15.5 Å². The SMILES string of the molecule is CCN(CC)[C@H](CNC(=O)CCNC(=O)[C@H]1C[C@@H]1C)c1ccco1. The highest BCUT2D eigenvalue weighted by molar-refractivity contribution is 5.82. The summed E-state index contributed by atoms with van der Waals surface area (Å²) in [6.45, 7) is 8.91. The van der Waals surface area contributed by atoms with Gasteiger partial charge in [0.25, 0.3) is 0 Å². The Kier molecular flexibility index (Phi) is 6.85. The van der Waals surface area contributed by atoms with Gasteiger partial charge < -0.3 is 15.1 Å². The molecule has 0 radical (unpaired) electrons. The van der Waals surface area contributed by atoms with Crippen LogP contribution >= 0.6 is 0 Å². The molecule has 3 atom stereocenters. The Labute approximate surface area is 144 Å². The molecule has 1 saturated carbocycles. The maximum Gasteiger partial charge on any atom is 0.223 e. The van der Waals surface area contributed by atoms with Crippen molar-refractivity contribution in [3.8, 4) is 0 Å². The molecule has 2 amide bonds. The average Bonchev–Trinajstić information content (AvgIpc) is 3.08. The molecule has 1 fully saturated rings. The van der Waals surface area contributed by atoms with E-state index in [4.69, 9.17) is 4.42 Å². The Hall–Kier alpha value is -1.82. The summed E-state index contributed by atoms with van der Waals surface area (Å²) in [5.41, 5.74) is 0. The van der Waals surface area contributed by atoms with E-state index in [-0.39, 0.29) is 23.8 Å². The van der Waals surface area contributed by atoms with E-state index in [0.717, 1.165) is 25.3 Å². The topological polar surface area (TPSA) is 74.6 Å². The zero-order valence-electron chi connectivity index (χ0n) is 14.9. The summed E-state index contributed by atoms with van der Waals surface area (Å²) in [5.74, 6) is 1.52. The summed E-state index contributed by atoms with van der Waals surface area (Å²) < 4.78 is 5.52. The fraction of sp³-hybridized carbons (Fsp3) is 0.667. The predicted octanol–water partition coefficient (Wildman–Crippen LogP) is 1.94. The Morgan fingerprint density at radius 1 is 1.33 bits per heavy atom. The van der Waals surface area contributed by atoms with Gasteiger partial charge in [0.05, 0.1) is 12.3 Å². The highest BCUT2D eigenvalue weighted by Crippen LogP contribution is 2.37. The maximum absolute atomic E-state index is 12.0. The lowest BCUT2D eigenvalue weighted by Gasteiger charge is -2.28. The summed E-state index contributed by atoms with van der Waals surface area (Å²) in [5, 5.41) is 5.79. The van der Waals surface area contributed by atoms with E-state index in [9.17, 15) is 9.59 Å². The molecule has 6 nitrogen and oxygen atoms in total. The molecule has 1 heterocycles. The molecule has 1 aliphatic carbocycles. The standard InChI is InChI=1S/C18H29N3O3/c1-4-21(5-2)15(16-7-6-10-24-16)12-20-17(22)8-9-19-18(23)14-11-13(14)3/h6-7,10,13-15H,4-5,8-9,11-12H2,1-3H3,(H,19,23)(H,20,22)/t13-,14-,15+/m0/s1. The molecule has 1 aromatic heterocycles.